The molecule has 1 aromatic carbocycles. The van der Waals surface area contributed by atoms with Crippen molar-refractivity contribution in [2.75, 3.05) is 6.54 Å². The van der Waals surface area contributed by atoms with Gasteiger partial charge in [0, 0.05) is 6.54 Å². The van der Waals surface area contributed by atoms with E-state index in [0.717, 1.165) is 13.0 Å². The van der Waals surface area contributed by atoms with E-state index in [1.54, 1.807) is 0 Å². The Morgan fingerprint density at radius 2 is 1.80 bits per heavy atom. The smallest absolute Gasteiger partial charge is 0.237 e. The van der Waals surface area contributed by atoms with Crippen LogP contribution in [0.25, 0.3) is 0 Å². The second-order valence-electron chi connectivity index (χ2n) is 5.56. The molecule has 5 heteroatoms. The van der Waals surface area contributed by atoms with Crippen molar-refractivity contribution in [1.29, 1.82) is 0 Å². The summed E-state index contributed by atoms with van der Waals surface area (Å²) in [6, 6.07) is 8.41. The lowest BCUT2D eigenvalue weighted by Crippen LogP contribution is -2.54. The van der Waals surface area contributed by atoms with E-state index in [1.165, 1.54) is 11.1 Å². The Bertz CT molecular complexity index is 420. The summed E-state index contributed by atoms with van der Waals surface area (Å²) < 4.78 is 0. The molecule has 0 aliphatic carbocycles. The Morgan fingerprint density at radius 1 is 1.20 bits per heavy atom. The first-order valence-electron chi connectivity index (χ1n) is 6.66. The molecule has 1 aliphatic rings. The first kappa shape index (κ1) is 19.4. The molecule has 2 atom stereocenters. The van der Waals surface area contributed by atoms with Crippen LogP contribution in [0.3, 0.4) is 0 Å². The third-order valence-corrected chi connectivity index (χ3v) is 3.39. The Hall–Kier alpha value is -0.650. The topological polar surface area (TPSA) is 41.1 Å². The van der Waals surface area contributed by atoms with E-state index < -0.39 is 0 Å². The quantitative estimate of drug-likeness (QED) is 0.899. The number of hydrogen-bond donors (Lipinski definition) is 2. The fraction of sp³-hybridized carbons (Fsp3) is 0.533. The lowest BCUT2D eigenvalue weighted by atomic mass is 9.97. The normalized spacial score (nSPS) is 21.7. The van der Waals surface area contributed by atoms with Gasteiger partial charge in [0.15, 0.2) is 0 Å². The summed E-state index contributed by atoms with van der Waals surface area (Å²) in [5, 5.41) is 6.46. The standard InChI is InChI=1S/C15H22N2O.2H2S/c1-10(2)8-13-15(18)17-14(9-16-13)12-6-4-11(3)5-7-12;;/h4-7,10,13-14,16H,8-9H2,1-3H3,(H,17,18);2*1H2/t13-,14+;;/m0../s1. The monoisotopic (exact) mass is 314 g/mol. The van der Waals surface area contributed by atoms with Gasteiger partial charge in [-0.25, -0.2) is 0 Å². The second kappa shape index (κ2) is 8.60. The predicted octanol–water partition coefficient (Wildman–Crippen LogP) is 2.40. The molecule has 114 valence electrons. The number of hydrogen-bond acceptors (Lipinski definition) is 2. The van der Waals surface area contributed by atoms with Gasteiger partial charge in [-0.15, -0.1) is 0 Å². The van der Waals surface area contributed by atoms with Crippen molar-refractivity contribution >= 4 is 32.9 Å². The van der Waals surface area contributed by atoms with Crippen LogP contribution in [0.2, 0.25) is 0 Å². The number of aryl methyl sites for hydroxylation is 1. The van der Waals surface area contributed by atoms with Crippen LogP contribution in [0.5, 0.6) is 0 Å². The molecule has 1 saturated heterocycles. The number of piperazine rings is 1. The number of amides is 1. The highest BCUT2D eigenvalue weighted by atomic mass is 32.1. The lowest BCUT2D eigenvalue weighted by molar-refractivity contribution is -0.125. The highest BCUT2D eigenvalue weighted by Crippen LogP contribution is 2.18. The second-order valence-corrected chi connectivity index (χ2v) is 5.56. The maximum Gasteiger partial charge on any atom is 0.237 e. The van der Waals surface area contributed by atoms with Crippen LogP contribution in [0.1, 0.15) is 37.4 Å². The molecule has 0 bridgehead atoms. The summed E-state index contributed by atoms with van der Waals surface area (Å²) in [6.07, 6.45) is 0.895. The zero-order valence-electron chi connectivity index (χ0n) is 12.4. The molecule has 0 saturated carbocycles. The van der Waals surface area contributed by atoms with E-state index in [2.05, 4.69) is 55.7 Å². The van der Waals surface area contributed by atoms with Gasteiger partial charge >= 0.3 is 0 Å². The van der Waals surface area contributed by atoms with Gasteiger partial charge in [-0.1, -0.05) is 43.7 Å². The van der Waals surface area contributed by atoms with Crippen LogP contribution in [-0.2, 0) is 4.79 Å². The molecule has 1 aliphatic heterocycles. The maximum absolute atomic E-state index is 12.0. The molecule has 0 radical (unpaired) electrons. The Morgan fingerprint density at radius 3 is 2.30 bits per heavy atom. The van der Waals surface area contributed by atoms with Crippen molar-refractivity contribution in [1.82, 2.24) is 10.6 Å². The molecular weight excluding hydrogens is 288 g/mol. The molecule has 1 aromatic rings. The minimum Gasteiger partial charge on any atom is -0.347 e. The SMILES string of the molecule is Cc1ccc([C@H]2CN[C@@H](CC(C)C)C(=O)N2)cc1.S.S. The minimum atomic E-state index is -0.0355. The van der Waals surface area contributed by atoms with Gasteiger partial charge < -0.3 is 10.6 Å². The van der Waals surface area contributed by atoms with Gasteiger partial charge in [0.05, 0.1) is 12.1 Å². The summed E-state index contributed by atoms with van der Waals surface area (Å²) in [5.41, 5.74) is 2.41. The molecule has 1 fully saturated rings. The van der Waals surface area contributed by atoms with Gasteiger partial charge in [0.25, 0.3) is 0 Å². The van der Waals surface area contributed by atoms with Crippen LogP contribution in [0, 0.1) is 12.8 Å². The average Bonchev–Trinajstić information content (AvgIpc) is 2.32. The molecule has 20 heavy (non-hydrogen) atoms. The summed E-state index contributed by atoms with van der Waals surface area (Å²) in [4.78, 5) is 12.0. The number of carbonyl (C=O) groups is 1. The fourth-order valence-electron chi connectivity index (χ4n) is 2.34. The number of carbonyl (C=O) groups excluding carboxylic acids is 1. The highest BCUT2D eigenvalue weighted by Gasteiger charge is 2.28. The molecule has 1 heterocycles. The van der Waals surface area contributed by atoms with Gasteiger partial charge in [-0.2, -0.15) is 27.0 Å². The molecule has 0 spiro atoms. The summed E-state index contributed by atoms with van der Waals surface area (Å²) >= 11 is 0. The molecule has 3 nitrogen and oxygen atoms in total. The maximum atomic E-state index is 12.0. The van der Waals surface area contributed by atoms with Crippen LogP contribution in [-0.4, -0.2) is 18.5 Å². The summed E-state index contributed by atoms with van der Waals surface area (Å²) in [5.74, 6) is 0.657. The van der Waals surface area contributed by atoms with Crippen LogP contribution < -0.4 is 10.6 Å². The van der Waals surface area contributed by atoms with Crippen molar-refractivity contribution in [2.24, 2.45) is 5.92 Å². The highest BCUT2D eigenvalue weighted by molar-refractivity contribution is 7.59. The predicted molar refractivity (Wildman–Crippen MR) is 94.1 cm³/mol. The minimum absolute atomic E-state index is 0. The third-order valence-electron chi connectivity index (χ3n) is 3.39. The first-order chi connectivity index (χ1) is 8.56. The molecule has 2 N–H and O–H groups in total. The van der Waals surface area contributed by atoms with E-state index in [1.807, 2.05) is 0 Å². The Kier molecular flexibility index (Phi) is 8.32. The van der Waals surface area contributed by atoms with Crippen LogP contribution in [0.15, 0.2) is 24.3 Å². The van der Waals surface area contributed by atoms with Crippen molar-refractivity contribution in [3.8, 4) is 0 Å². The number of benzene rings is 1. The molecule has 0 aromatic heterocycles. The molecule has 2 rings (SSSR count). The van der Waals surface area contributed by atoms with E-state index in [9.17, 15) is 4.79 Å². The van der Waals surface area contributed by atoms with Gasteiger partial charge in [-0.3, -0.25) is 4.79 Å². The lowest BCUT2D eigenvalue weighted by Gasteiger charge is -2.31. The van der Waals surface area contributed by atoms with Crippen molar-refractivity contribution in [3.05, 3.63) is 35.4 Å². The summed E-state index contributed by atoms with van der Waals surface area (Å²) in [7, 11) is 0. The number of rotatable bonds is 3. The van der Waals surface area contributed by atoms with Crippen LogP contribution >= 0.6 is 27.0 Å². The van der Waals surface area contributed by atoms with Crippen molar-refractivity contribution in [2.45, 2.75) is 39.3 Å². The van der Waals surface area contributed by atoms with E-state index in [-0.39, 0.29) is 45.0 Å². The number of nitrogens with one attached hydrogen (secondary N) is 2. The largest absolute Gasteiger partial charge is 0.347 e. The zero-order chi connectivity index (χ0) is 13.1. The van der Waals surface area contributed by atoms with Gasteiger partial charge in [0.1, 0.15) is 0 Å². The van der Waals surface area contributed by atoms with E-state index in [4.69, 9.17) is 0 Å². The average molecular weight is 315 g/mol. The third kappa shape index (κ3) is 5.04. The van der Waals surface area contributed by atoms with Gasteiger partial charge in [0.2, 0.25) is 5.91 Å². The zero-order valence-corrected chi connectivity index (χ0v) is 14.4. The van der Waals surface area contributed by atoms with Crippen LogP contribution in [0.4, 0.5) is 0 Å². The fourth-order valence-corrected chi connectivity index (χ4v) is 2.34. The molecule has 1 amide bonds. The summed E-state index contributed by atoms with van der Waals surface area (Å²) in [6.45, 7) is 7.16. The molecular formula is C15H26N2OS2. The van der Waals surface area contributed by atoms with Crippen molar-refractivity contribution < 1.29 is 4.79 Å². The Labute approximate surface area is 135 Å². The van der Waals surface area contributed by atoms with E-state index in [0.29, 0.717) is 5.92 Å². The Balaban J connectivity index is 0.00000180. The first-order valence-corrected chi connectivity index (χ1v) is 6.66. The van der Waals surface area contributed by atoms with Gasteiger partial charge in [-0.05, 0) is 24.8 Å². The molecule has 0 unspecified atom stereocenters. The van der Waals surface area contributed by atoms with E-state index >= 15 is 0 Å². The van der Waals surface area contributed by atoms with Crippen molar-refractivity contribution in [3.63, 3.8) is 0 Å².